The second-order valence-electron chi connectivity index (χ2n) is 5.27. The second-order valence-corrected chi connectivity index (χ2v) is 8.43. The first kappa shape index (κ1) is 17.8. The molecule has 0 aliphatic carbocycles. The molecule has 1 aromatic carbocycles. The van der Waals surface area contributed by atoms with Gasteiger partial charge in [0.1, 0.15) is 10.7 Å². The van der Waals surface area contributed by atoms with E-state index in [4.69, 9.17) is 34.8 Å². The van der Waals surface area contributed by atoms with Crippen LogP contribution in [0.3, 0.4) is 0 Å². The van der Waals surface area contributed by atoms with E-state index in [1.807, 2.05) is 4.90 Å². The standard InChI is InChI=1S/C15H14Cl3N3O2S/c16-11-3-4-12(17)14(10-11)24(22,23)21-8-6-20(7-9-21)15-13(18)2-1-5-19-15/h1-5,10H,6-9H2. The van der Waals surface area contributed by atoms with Crippen LogP contribution in [-0.2, 0) is 10.0 Å². The summed E-state index contributed by atoms with van der Waals surface area (Å²) in [7, 11) is -3.69. The molecule has 0 radical (unpaired) electrons. The van der Waals surface area contributed by atoms with Crippen molar-refractivity contribution in [1.82, 2.24) is 9.29 Å². The van der Waals surface area contributed by atoms with Gasteiger partial charge in [0, 0.05) is 37.4 Å². The molecule has 1 aliphatic rings. The number of hydrogen-bond acceptors (Lipinski definition) is 4. The highest BCUT2D eigenvalue weighted by molar-refractivity contribution is 7.89. The van der Waals surface area contributed by atoms with Gasteiger partial charge in [-0.15, -0.1) is 0 Å². The molecule has 1 aromatic heterocycles. The summed E-state index contributed by atoms with van der Waals surface area (Å²) in [5.74, 6) is 0.664. The summed E-state index contributed by atoms with van der Waals surface area (Å²) < 4.78 is 27.0. The maximum absolute atomic E-state index is 12.8. The number of piperazine rings is 1. The van der Waals surface area contributed by atoms with Crippen molar-refractivity contribution in [3.63, 3.8) is 0 Å². The molecule has 0 N–H and O–H groups in total. The zero-order chi connectivity index (χ0) is 17.3. The monoisotopic (exact) mass is 405 g/mol. The minimum Gasteiger partial charge on any atom is -0.353 e. The Morgan fingerprint density at radius 2 is 1.67 bits per heavy atom. The summed E-state index contributed by atoms with van der Waals surface area (Å²) >= 11 is 18.1. The fourth-order valence-corrected chi connectivity index (χ4v) is 4.96. The van der Waals surface area contributed by atoms with Crippen LogP contribution in [0, 0.1) is 0 Å². The molecule has 24 heavy (non-hydrogen) atoms. The van der Waals surface area contributed by atoms with Gasteiger partial charge in [0.25, 0.3) is 0 Å². The van der Waals surface area contributed by atoms with Crippen LogP contribution >= 0.6 is 34.8 Å². The minimum absolute atomic E-state index is 0.0287. The molecular formula is C15H14Cl3N3O2S. The minimum atomic E-state index is -3.69. The summed E-state index contributed by atoms with van der Waals surface area (Å²) in [6.07, 6.45) is 1.66. The van der Waals surface area contributed by atoms with Gasteiger partial charge in [0.05, 0.1) is 10.0 Å². The largest absolute Gasteiger partial charge is 0.353 e. The Labute approximate surface area is 155 Å². The third kappa shape index (κ3) is 3.48. The maximum atomic E-state index is 12.8. The zero-order valence-corrected chi connectivity index (χ0v) is 15.6. The molecule has 2 heterocycles. The van der Waals surface area contributed by atoms with Gasteiger partial charge in [-0.25, -0.2) is 13.4 Å². The third-order valence-electron chi connectivity index (χ3n) is 3.79. The van der Waals surface area contributed by atoms with Gasteiger partial charge < -0.3 is 4.90 Å². The Morgan fingerprint density at radius 3 is 2.33 bits per heavy atom. The number of anilines is 1. The fraction of sp³-hybridized carbons (Fsp3) is 0.267. The molecular weight excluding hydrogens is 393 g/mol. The Bertz CT molecular complexity index is 853. The summed E-state index contributed by atoms with van der Waals surface area (Å²) in [4.78, 5) is 6.26. The molecule has 0 saturated carbocycles. The quantitative estimate of drug-likeness (QED) is 0.782. The van der Waals surface area contributed by atoms with Gasteiger partial charge >= 0.3 is 0 Å². The number of pyridine rings is 1. The number of rotatable bonds is 3. The van der Waals surface area contributed by atoms with Crippen LogP contribution in [-0.4, -0.2) is 43.9 Å². The van der Waals surface area contributed by atoms with Gasteiger partial charge in [-0.3, -0.25) is 0 Å². The summed E-state index contributed by atoms with van der Waals surface area (Å²) in [6.45, 7) is 1.62. The molecule has 5 nitrogen and oxygen atoms in total. The van der Waals surface area contributed by atoms with Crippen LogP contribution in [0.4, 0.5) is 5.82 Å². The number of halogens is 3. The van der Waals surface area contributed by atoms with Crippen molar-refractivity contribution < 1.29 is 8.42 Å². The van der Waals surface area contributed by atoms with Crippen LogP contribution in [0.1, 0.15) is 0 Å². The average Bonchev–Trinajstić information content (AvgIpc) is 2.57. The number of nitrogens with zero attached hydrogens (tertiary/aromatic N) is 3. The third-order valence-corrected chi connectivity index (χ3v) is 6.70. The second kappa shape index (κ2) is 7.06. The van der Waals surface area contributed by atoms with E-state index in [9.17, 15) is 8.42 Å². The van der Waals surface area contributed by atoms with E-state index in [2.05, 4.69) is 4.98 Å². The molecule has 1 saturated heterocycles. The van der Waals surface area contributed by atoms with Gasteiger partial charge in [0.15, 0.2) is 0 Å². The number of benzene rings is 1. The van der Waals surface area contributed by atoms with Crippen molar-refractivity contribution in [2.45, 2.75) is 4.90 Å². The van der Waals surface area contributed by atoms with Crippen molar-refractivity contribution >= 4 is 50.6 Å². The number of sulfonamides is 1. The predicted octanol–water partition coefficient (Wildman–Crippen LogP) is 3.55. The molecule has 0 spiro atoms. The van der Waals surface area contributed by atoms with Crippen LogP contribution in [0.2, 0.25) is 15.1 Å². The zero-order valence-electron chi connectivity index (χ0n) is 12.5. The highest BCUT2D eigenvalue weighted by Gasteiger charge is 2.31. The van der Waals surface area contributed by atoms with E-state index in [1.165, 1.54) is 16.4 Å². The number of hydrogen-bond donors (Lipinski definition) is 0. The first-order valence-electron chi connectivity index (χ1n) is 7.20. The Morgan fingerprint density at radius 1 is 0.958 bits per heavy atom. The molecule has 3 rings (SSSR count). The lowest BCUT2D eigenvalue weighted by Crippen LogP contribution is -2.49. The SMILES string of the molecule is O=S(=O)(c1cc(Cl)ccc1Cl)N1CCN(c2ncccc2Cl)CC1. The molecule has 0 amide bonds. The van der Waals surface area contributed by atoms with Crippen LogP contribution in [0.15, 0.2) is 41.4 Å². The lowest BCUT2D eigenvalue weighted by Gasteiger charge is -2.35. The van der Waals surface area contributed by atoms with Crippen LogP contribution in [0.25, 0.3) is 0 Å². The van der Waals surface area contributed by atoms with Crippen molar-refractivity contribution in [3.05, 3.63) is 51.6 Å². The van der Waals surface area contributed by atoms with Crippen molar-refractivity contribution in [3.8, 4) is 0 Å². The first-order valence-corrected chi connectivity index (χ1v) is 9.77. The maximum Gasteiger partial charge on any atom is 0.244 e. The van der Waals surface area contributed by atoms with E-state index >= 15 is 0 Å². The molecule has 128 valence electrons. The van der Waals surface area contributed by atoms with Crippen LogP contribution in [0.5, 0.6) is 0 Å². The molecule has 0 atom stereocenters. The van der Waals surface area contributed by atoms with Crippen molar-refractivity contribution in [1.29, 1.82) is 0 Å². The average molecular weight is 407 g/mol. The lowest BCUT2D eigenvalue weighted by molar-refractivity contribution is 0.384. The van der Waals surface area contributed by atoms with Gasteiger partial charge in [-0.05, 0) is 30.3 Å². The highest BCUT2D eigenvalue weighted by atomic mass is 35.5. The molecule has 1 aliphatic heterocycles. The Hall–Kier alpha value is -1.05. The van der Waals surface area contributed by atoms with Crippen molar-refractivity contribution in [2.24, 2.45) is 0 Å². The Kier molecular flexibility index (Phi) is 5.22. The lowest BCUT2D eigenvalue weighted by atomic mass is 10.3. The van der Waals surface area contributed by atoms with E-state index in [0.717, 1.165) is 0 Å². The highest BCUT2D eigenvalue weighted by Crippen LogP contribution is 2.29. The summed E-state index contributed by atoms with van der Waals surface area (Å²) in [6, 6.07) is 7.94. The van der Waals surface area contributed by atoms with E-state index in [-0.39, 0.29) is 9.92 Å². The molecule has 0 bridgehead atoms. The van der Waals surface area contributed by atoms with Gasteiger partial charge in [-0.1, -0.05) is 34.8 Å². The normalized spacial score (nSPS) is 16.4. The van der Waals surface area contributed by atoms with E-state index in [0.29, 0.717) is 42.0 Å². The molecule has 1 fully saturated rings. The Balaban J connectivity index is 1.79. The fourth-order valence-electron chi connectivity index (χ4n) is 2.56. The molecule has 2 aromatic rings. The topological polar surface area (TPSA) is 53.5 Å². The predicted molar refractivity (Wildman–Crippen MR) is 96.7 cm³/mol. The van der Waals surface area contributed by atoms with E-state index < -0.39 is 10.0 Å². The molecule has 0 unspecified atom stereocenters. The number of aromatic nitrogens is 1. The summed E-state index contributed by atoms with van der Waals surface area (Å²) in [5.41, 5.74) is 0. The van der Waals surface area contributed by atoms with E-state index in [1.54, 1.807) is 24.4 Å². The molecule has 9 heteroatoms. The first-order chi connectivity index (χ1) is 11.4. The smallest absolute Gasteiger partial charge is 0.244 e. The van der Waals surface area contributed by atoms with Gasteiger partial charge in [-0.2, -0.15) is 4.31 Å². The van der Waals surface area contributed by atoms with Crippen molar-refractivity contribution in [2.75, 3.05) is 31.1 Å². The van der Waals surface area contributed by atoms with Crippen LogP contribution < -0.4 is 4.90 Å². The van der Waals surface area contributed by atoms with Gasteiger partial charge in [0.2, 0.25) is 10.0 Å². The summed E-state index contributed by atoms with van der Waals surface area (Å²) in [5, 5.41) is 1.04.